The van der Waals surface area contributed by atoms with Gasteiger partial charge in [0.1, 0.15) is 0 Å². The lowest BCUT2D eigenvalue weighted by molar-refractivity contribution is 0.0978. The quantitative estimate of drug-likeness (QED) is 0.478. The number of hydrogen-bond acceptors (Lipinski definition) is 4. The topological polar surface area (TPSA) is 44.8 Å². The molecule has 118 valence electrons. The molecule has 0 heterocycles. The average molecular weight is 294 g/mol. The van der Waals surface area contributed by atoms with Crippen molar-refractivity contribution in [3.05, 3.63) is 17.7 Å². The number of benzene rings is 1. The van der Waals surface area contributed by atoms with E-state index in [0.717, 1.165) is 12.8 Å². The molecular formula is C17H26O4. The van der Waals surface area contributed by atoms with Gasteiger partial charge in [-0.05, 0) is 18.6 Å². The van der Waals surface area contributed by atoms with Crippen LogP contribution in [0.2, 0.25) is 0 Å². The highest BCUT2D eigenvalue weighted by Crippen LogP contribution is 2.38. The van der Waals surface area contributed by atoms with Gasteiger partial charge < -0.3 is 14.2 Å². The summed E-state index contributed by atoms with van der Waals surface area (Å²) in [5, 5.41) is 0. The zero-order valence-corrected chi connectivity index (χ0v) is 13.5. The van der Waals surface area contributed by atoms with Crippen LogP contribution in [0.25, 0.3) is 0 Å². The maximum Gasteiger partial charge on any atom is 0.203 e. The Morgan fingerprint density at radius 3 is 1.95 bits per heavy atom. The second kappa shape index (κ2) is 9.27. The van der Waals surface area contributed by atoms with Crippen molar-refractivity contribution < 1.29 is 19.0 Å². The molecule has 1 aromatic rings. The monoisotopic (exact) mass is 294 g/mol. The van der Waals surface area contributed by atoms with Crippen LogP contribution >= 0.6 is 0 Å². The minimum absolute atomic E-state index is 0.116. The predicted octanol–water partition coefficient (Wildman–Crippen LogP) is 4.26. The Morgan fingerprint density at radius 2 is 1.48 bits per heavy atom. The van der Waals surface area contributed by atoms with Gasteiger partial charge in [0.25, 0.3) is 0 Å². The van der Waals surface area contributed by atoms with Crippen molar-refractivity contribution in [3.8, 4) is 17.2 Å². The number of rotatable bonds is 10. The van der Waals surface area contributed by atoms with Gasteiger partial charge in [-0.15, -0.1) is 0 Å². The number of carbonyl (C=O) groups is 1. The number of ketones is 1. The number of Topliss-reactive ketones (excluding diaryl/α,β-unsaturated/α-hetero) is 1. The molecule has 0 aromatic heterocycles. The summed E-state index contributed by atoms with van der Waals surface area (Å²) in [5.74, 6) is 1.67. The first-order valence-electron chi connectivity index (χ1n) is 7.51. The van der Waals surface area contributed by atoms with E-state index in [1.165, 1.54) is 19.3 Å². The van der Waals surface area contributed by atoms with Crippen molar-refractivity contribution in [2.45, 2.75) is 45.4 Å². The molecule has 0 saturated heterocycles. The van der Waals surface area contributed by atoms with Crippen LogP contribution < -0.4 is 14.2 Å². The molecule has 0 fully saturated rings. The second-order valence-corrected chi connectivity index (χ2v) is 5.00. The van der Waals surface area contributed by atoms with Crippen molar-refractivity contribution in [1.29, 1.82) is 0 Å². The first-order chi connectivity index (χ1) is 10.2. The van der Waals surface area contributed by atoms with Gasteiger partial charge in [-0.2, -0.15) is 0 Å². The maximum absolute atomic E-state index is 12.3. The van der Waals surface area contributed by atoms with Crippen molar-refractivity contribution in [2.24, 2.45) is 0 Å². The van der Waals surface area contributed by atoms with Gasteiger partial charge >= 0.3 is 0 Å². The van der Waals surface area contributed by atoms with Crippen LogP contribution in [0.3, 0.4) is 0 Å². The Balaban J connectivity index is 2.75. The Kier molecular flexibility index (Phi) is 7.65. The molecule has 1 aromatic carbocycles. The van der Waals surface area contributed by atoms with Crippen molar-refractivity contribution >= 4 is 5.78 Å². The average Bonchev–Trinajstić information content (AvgIpc) is 2.52. The normalized spacial score (nSPS) is 10.3. The van der Waals surface area contributed by atoms with Gasteiger partial charge in [0.05, 0.1) is 21.3 Å². The van der Waals surface area contributed by atoms with Crippen molar-refractivity contribution in [3.63, 3.8) is 0 Å². The van der Waals surface area contributed by atoms with E-state index >= 15 is 0 Å². The lowest BCUT2D eigenvalue weighted by Gasteiger charge is -2.13. The zero-order valence-electron chi connectivity index (χ0n) is 13.5. The van der Waals surface area contributed by atoms with E-state index in [4.69, 9.17) is 14.2 Å². The van der Waals surface area contributed by atoms with E-state index in [0.29, 0.717) is 29.2 Å². The van der Waals surface area contributed by atoms with Crippen molar-refractivity contribution in [2.75, 3.05) is 21.3 Å². The first kappa shape index (κ1) is 17.3. The zero-order chi connectivity index (χ0) is 15.7. The Hall–Kier alpha value is -1.71. The Labute approximate surface area is 127 Å². The molecule has 1 rings (SSSR count). The maximum atomic E-state index is 12.3. The number of methoxy groups -OCH3 is 3. The van der Waals surface area contributed by atoms with E-state index in [9.17, 15) is 4.79 Å². The molecule has 0 radical (unpaired) electrons. The summed E-state index contributed by atoms with van der Waals surface area (Å²) in [5.41, 5.74) is 0.611. The van der Waals surface area contributed by atoms with Gasteiger partial charge in [0.15, 0.2) is 17.3 Å². The standard InChI is InChI=1S/C17H26O4/c1-5-6-7-8-9-10-14(18)13-11-15(19-2)17(21-4)16(12-13)20-3/h11-12H,5-10H2,1-4H3. The van der Waals surface area contributed by atoms with E-state index in [2.05, 4.69) is 6.92 Å². The van der Waals surface area contributed by atoms with E-state index in [1.54, 1.807) is 33.5 Å². The number of hydrogen-bond donors (Lipinski definition) is 0. The number of unbranched alkanes of at least 4 members (excludes halogenated alkanes) is 4. The highest BCUT2D eigenvalue weighted by atomic mass is 16.5. The third kappa shape index (κ3) is 4.96. The smallest absolute Gasteiger partial charge is 0.203 e. The van der Waals surface area contributed by atoms with Crippen LogP contribution in [-0.4, -0.2) is 27.1 Å². The molecule has 0 spiro atoms. The van der Waals surface area contributed by atoms with Gasteiger partial charge in [-0.1, -0.05) is 32.6 Å². The fraction of sp³-hybridized carbons (Fsp3) is 0.588. The minimum Gasteiger partial charge on any atom is -0.493 e. The molecule has 0 amide bonds. The van der Waals surface area contributed by atoms with Gasteiger partial charge in [0.2, 0.25) is 5.75 Å². The fourth-order valence-corrected chi connectivity index (χ4v) is 2.28. The molecule has 0 N–H and O–H groups in total. The minimum atomic E-state index is 0.116. The van der Waals surface area contributed by atoms with Crippen LogP contribution in [0, 0.1) is 0 Å². The summed E-state index contributed by atoms with van der Waals surface area (Å²) in [6.45, 7) is 2.18. The SMILES string of the molecule is CCCCCCCC(=O)c1cc(OC)c(OC)c(OC)c1. The molecule has 0 aliphatic carbocycles. The van der Waals surface area contributed by atoms with Gasteiger partial charge in [-0.3, -0.25) is 4.79 Å². The van der Waals surface area contributed by atoms with Crippen LogP contribution in [0.5, 0.6) is 17.2 Å². The third-order valence-corrected chi connectivity index (χ3v) is 3.49. The summed E-state index contributed by atoms with van der Waals surface area (Å²) in [7, 11) is 4.65. The molecule has 0 aliphatic rings. The van der Waals surface area contributed by atoms with Crippen molar-refractivity contribution in [1.82, 2.24) is 0 Å². The highest BCUT2D eigenvalue weighted by Gasteiger charge is 2.16. The number of carbonyl (C=O) groups excluding carboxylic acids is 1. The van der Waals surface area contributed by atoms with Crippen LogP contribution in [0.1, 0.15) is 55.8 Å². The molecule has 0 bridgehead atoms. The Bertz CT molecular complexity index is 429. The molecule has 0 atom stereocenters. The van der Waals surface area contributed by atoms with Crippen LogP contribution in [0.15, 0.2) is 12.1 Å². The lowest BCUT2D eigenvalue weighted by atomic mass is 10.0. The summed E-state index contributed by atoms with van der Waals surface area (Å²) in [4.78, 5) is 12.3. The highest BCUT2D eigenvalue weighted by molar-refractivity contribution is 5.97. The largest absolute Gasteiger partial charge is 0.493 e. The summed E-state index contributed by atoms with van der Waals surface area (Å²) in [6.07, 6.45) is 6.22. The van der Waals surface area contributed by atoms with Crippen LogP contribution in [0.4, 0.5) is 0 Å². The molecule has 0 saturated carbocycles. The summed E-state index contributed by atoms with van der Waals surface area (Å²) >= 11 is 0. The molecule has 21 heavy (non-hydrogen) atoms. The third-order valence-electron chi connectivity index (χ3n) is 3.49. The molecule has 0 aliphatic heterocycles. The molecule has 4 nitrogen and oxygen atoms in total. The first-order valence-corrected chi connectivity index (χ1v) is 7.51. The van der Waals surface area contributed by atoms with E-state index in [1.807, 2.05) is 0 Å². The molecule has 4 heteroatoms. The summed E-state index contributed by atoms with van der Waals surface area (Å²) < 4.78 is 15.8. The predicted molar refractivity (Wildman–Crippen MR) is 83.8 cm³/mol. The molecule has 0 unspecified atom stereocenters. The van der Waals surface area contributed by atoms with Gasteiger partial charge in [0, 0.05) is 12.0 Å². The van der Waals surface area contributed by atoms with E-state index in [-0.39, 0.29) is 5.78 Å². The number of ether oxygens (including phenoxy) is 3. The van der Waals surface area contributed by atoms with Gasteiger partial charge in [-0.25, -0.2) is 0 Å². The molecular weight excluding hydrogens is 268 g/mol. The van der Waals surface area contributed by atoms with E-state index < -0.39 is 0 Å². The van der Waals surface area contributed by atoms with Crippen LogP contribution in [-0.2, 0) is 0 Å². The summed E-state index contributed by atoms with van der Waals surface area (Å²) in [6, 6.07) is 3.44. The second-order valence-electron chi connectivity index (χ2n) is 5.00. The lowest BCUT2D eigenvalue weighted by Crippen LogP contribution is -2.02. The Morgan fingerprint density at radius 1 is 0.905 bits per heavy atom. The fourth-order valence-electron chi connectivity index (χ4n) is 2.28.